The molecular weight excluding hydrogens is 294 g/mol. The molecule has 0 aliphatic carbocycles. The number of nitrogens with one attached hydrogen (secondary N) is 2. The predicted octanol–water partition coefficient (Wildman–Crippen LogP) is -0.257. The van der Waals surface area contributed by atoms with E-state index in [1.165, 1.54) is 0 Å². The fraction of sp³-hybridized carbons (Fsp3) is 0.583. The first-order valence-corrected chi connectivity index (χ1v) is 7.21. The Balaban J connectivity index is 2.27. The third-order valence-corrected chi connectivity index (χ3v) is 3.04. The minimum Gasteiger partial charge on any atom is -0.382 e. The van der Waals surface area contributed by atoms with Gasteiger partial charge in [0.25, 0.3) is 5.91 Å². The van der Waals surface area contributed by atoms with Crippen LogP contribution in [0.1, 0.15) is 29.8 Å². The Kier molecular flexibility index (Phi) is 7.73. The molecule has 0 bridgehead atoms. The van der Waals surface area contributed by atoms with Crippen molar-refractivity contribution in [2.24, 2.45) is 5.73 Å². The monoisotopic (exact) mass is 315 g/mol. The van der Waals surface area contributed by atoms with Gasteiger partial charge in [-0.15, -0.1) is 0 Å². The fourth-order valence-corrected chi connectivity index (χ4v) is 1.78. The maximum atomic E-state index is 11.9. The molecular formula is C12H22ClN7O. The lowest BCUT2D eigenvalue weighted by Crippen LogP contribution is -2.33. The number of hydrogen-bond acceptors (Lipinski definition) is 7. The van der Waals surface area contributed by atoms with Gasteiger partial charge in [-0.2, -0.15) is 0 Å². The highest BCUT2D eigenvalue weighted by Crippen LogP contribution is 2.16. The van der Waals surface area contributed by atoms with E-state index in [-0.39, 0.29) is 22.5 Å². The van der Waals surface area contributed by atoms with Crippen LogP contribution in [0.25, 0.3) is 0 Å². The Morgan fingerprint density at radius 1 is 1.05 bits per heavy atom. The van der Waals surface area contributed by atoms with Gasteiger partial charge in [-0.1, -0.05) is 18.0 Å². The van der Waals surface area contributed by atoms with Crippen LogP contribution in [0.2, 0.25) is 5.15 Å². The summed E-state index contributed by atoms with van der Waals surface area (Å²) < 4.78 is 0. The SMILES string of the molecule is NCCCCCNCCNC(=O)c1nc(Cl)c(N)nc1N. The Morgan fingerprint density at radius 3 is 2.52 bits per heavy atom. The highest BCUT2D eigenvalue weighted by atomic mass is 35.5. The molecule has 1 aromatic heterocycles. The van der Waals surface area contributed by atoms with E-state index in [1.54, 1.807) is 0 Å². The molecule has 1 rings (SSSR count). The first-order chi connectivity index (χ1) is 10.1. The largest absolute Gasteiger partial charge is 0.382 e. The Morgan fingerprint density at radius 2 is 1.81 bits per heavy atom. The number of rotatable bonds is 9. The summed E-state index contributed by atoms with van der Waals surface area (Å²) >= 11 is 5.72. The van der Waals surface area contributed by atoms with Crippen LogP contribution < -0.4 is 27.8 Å². The van der Waals surface area contributed by atoms with Crippen LogP contribution in [0.5, 0.6) is 0 Å². The zero-order chi connectivity index (χ0) is 15.7. The third kappa shape index (κ3) is 6.11. The van der Waals surface area contributed by atoms with Crippen molar-refractivity contribution < 1.29 is 4.79 Å². The van der Waals surface area contributed by atoms with Crippen LogP contribution in [0.3, 0.4) is 0 Å². The minimum atomic E-state index is -0.424. The number of halogens is 1. The smallest absolute Gasteiger partial charge is 0.273 e. The molecule has 0 aliphatic rings. The molecule has 118 valence electrons. The number of unbranched alkanes of at least 4 members (excludes halogenated alkanes) is 2. The molecule has 1 aromatic rings. The Bertz CT molecular complexity index is 469. The van der Waals surface area contributed by atoms with Gasteiger partial charge in [-0.25, -0.2) is 9.97 Å². The Labute approximate surface area is 128 Å². The molecule has 9 heteroatoms. The first-order valence-electron chi connectivity index (χ1n) is 6.83. The number of anilines is 2. The first kappa shape index (κ1) is 17.4. The van der Waals surface area contributed by atoms with E-state index in [0.717, 1.165) is 32.4 Å². The zero-order valence-electron chi connectivity index (χ0n) is 11.9. The Hall–Kier alpha value is -1.64. The average molecular weight is 316 g/mol. The van der Waals surface area contributed by atoms with E-state index in [1.807, 2.05) is 0 Å². The number of carbonyl (C=O) groups is 1. The molecule has 8 N–H and O–H groups in total. The van der Waals surface area contributed by atoms with Crippen molar-refractivity contribution in [2.75, 3.05) is 37.6 Å². The topological polar surface area (TPSA) is 145 Å². The van der Waals surface area contributed by atoms with Crippen molar-refractivity contribution >= 4 is 29.1 Å². The van der Waals surface area contributed by atoms with Crippen LogP contribution in [0, 0.1) is 0 Å². The van der Waals surface area contributed by atoms with E-state index in [2.05, 4.69) is 20.6 Å². The second kappa shape index (κ2) is 9.32. The van der Waals surface area contributed by atoms with Gasteiger partial charge >= 0.3 is 0 Å². The predicted molar refractivity (Wildman–Crippen MR) is 84.0 cm³/mol. The summed E-state index contributed by atoms with van der Waals surface area (Å²) in [6.45, 7) is 2.73. The summed E-state index contributed by atoms with van der Waals surface area (Å²) in [4.78, 5) is 19.5. The van der Waals surface area contributed by atoms with Crippen LogP contribution in [0.4, 0.5) is 11.6 Å². The number of nitrogens with zero attached hydrogens (tertiary/aromatic N) is 2. The standard InChI is InChI=1S/C12H22ClN7O/c13-9-11(16)20-10(15)8(19-9)12(21)18-7-6-17-5-3-1-2-4-14/h17H,1-7,14H2,(H,18,21)(H4,15,16,20). The van der Waals surface area contributed by atoms with Gasteiger partial charge in [0, 0.05) is 13.1 Å². The molecule has 0 fully saturated rings. The van der Waals surface area contributed by atoms with E-state index in [4.69, 9.17) is 28.8 Å². The maximum Gasteiger partial charge on any atom is 0.273 e. The van der Waals surface area contributed by atoms with E-state index in [9.17, 15) is 4.79 Å². The molecule has 21 heavy (non-hydrogen) atoms. The summed E-state index contributed by atoms with van der Waals surface area (Å²) in [5.74, 6) is -0.458. The van der Waals surface area contributed by atoms with Gasteiger partial charge in [0.15, 0.2) is 22.5 Å². The van der Waals surface area contributed by atoms with Crippen LogP contribution >= 0.6 is 11.6 Å². The molecule has 0 unspecified atom stereocenters. The minimum absolute atomic E-state index is 0.00450. The van der Waals surface area contributed by atoms with Gasteiger partial charge in [0.05, 0.1) is 0 Å². The van der Waals surface area contributed by atoms with E-state index < -0.39 is 5.91 Å². The number of hydrogen-bond donors (Lipinski definition) is 5. The molecule has 0 atom stereocenters. The maximum absolute atomic E-state index is 11.9. The van der Waals surface area contributed by atoms with E-state index >= 15 is 0 Å². The third-order valence-electron chi connectivity index (χ3n) is 2.76. The molecule has 1 heterocycles. The number of nitrogen functional groups attached to an aromatic ring is 2. The fourth-order valence-electron chi connectivity index (χ4n) is 1.65. The molecule has 0 aromatic carbocycles. The van der Waals surface area contributed by atoms with Gasteiger partial charge in [0.1, 0.15) is 0 Å². The van der Waals surface area contributed by atoms with Gasteiger partial charge in [-0.05, 0) is 25.9 Å². The van der Waals surface area contributed by atoms with Crippen molar-refractivity contribution in [2.45, 2.75) is 19.3 Å². The van der Waals surface area contributed by atoms with Gasteiger partial charge in [0.2, 0.25) is 0 Å². The lowest BCUT2D eigenvalue weighted by molar-refractivity contribution is 0.0949. The normalized spacial score (nSPS) is 10.6. The quantitative estimate of drug-likeness (QED) is 0.395. The summed E-state index contributed by atoms with van der Waals surface area (Å²) in [5.41, 5.74) is 16.4. The summed E-state index contributed by atoms with van der Waals surface area (Å²) in [5, 5.41) is 5.87. The van der Waals surface area contributed by atoms with Crippen LogP contribution in [-0.2, 0) is 0 Å². The molecule has 0 spiro atoms. The van der Waals surface area contributed by atoms with Crippen molar-refractivity contribution in [1.29, 1.82) is 0 Å². The lowest BCUT2D eigenvalue weighted by atomic mass is 10.2. The molecule has 8 nitrogen and oxygen atoms in total. The van der Waals surface area contributed by atoms with Crippen molar-refractivity contribution in [1.82, 2.24) is 20.6 Å². The molecule has 0 saturated carbocycles. The van der Waals surface area contributed by atoms with Crippen molar-refractivity contribution in [3.05, 3.63) is 10.8 Å². The average Bonchev–Trinajstić information content (AvgIpc) is 2.45. The second-order valence-electron chi connectivity index (χ2n) is 4.49. The number of nitrogens with two attached hydrogens (primary N) is 3. The second-order valence-corrected chi connectivity index (χ2v) is 4.85. The number of amides is 1. The van der Waals surface area contributed by atoms with Crippen LogP contribution in [-0.4, -0.2) is 42.1 Å². The molecule has 1 amide bonds. The molecule has 0 saturated heterocycles. The summed E-state index contributed by atoms with van der Waals surface area (Å²) in [6, 6.07) is 0. The zero-order valence-corrected chi connectivity index (χ0v) is 12.6. The highest BCUT2D eigenvalue weighted by molar-refractivity contribution is 6.31. The molecule has 0 radical (unpaired) electrons. The highest BCUT2D eigenvalue weighted by Gasteiger charge is 2.15. The molecule has 0 aliphatic heterocycles. The van der Waals surface area contributed by atoms with Crippen molar-refractivity contribution in [3.63, 3.8) is 0 Å². The van der Waals surface area contributed by atoms with Crippen LogP contribution in [0.15, 0.2) is 0 Å². The summed E-state index contributed by atoms with van der Waals surface area (Å²) in [6.07, 6.45) is 3.21. The lowest BCUT2D eigenvalue weighted by Gasteiger charge is -2.08. The number of aromatic nitrogens is 2. The number of carbonyl (C=O) groups excluding carboxylic acids is 1. The van der Waals surface area contributed by atoms with E-state index in [0.29, 0.717) is 13.1 Å². The van der Waals surface area contributed by atoms with Gasteiger partial charge in [-0.3, -0.25) is 4.79 Å². The summed E-state index contributed by atoms with van der Waals surface area (Å²) in [7, 11) is 0. The van der Waals surface area contributed by atoms with Crippen molar-refractivity contribution in [3.8, 4) is 0 Å². The van der Waals surface area contributed by atoms with Gasteiger partial charge < -0.3 is 27.8 Å².